The van der Waals surface area contributed by atoms with Gasteiger partial charge in [-0.3, -0.25) is 9.59 Å². The van der Waals surface area contributed by atoms with E-state index in [2.05, 4.69) is 5.32 Å². The van der Waals surface area contributed by atoms with Gasteiger partial charge in [0.05, 0.1) is 9.75 Å². The van der Waals surface area contributed by atoms with E-state index in [0.717, 1.165) is 36.6 Å². The predicted molar refractivity (Wildman–Crippen MR) is 99.4 cm³/mol. The molecule has 1 aromatic carbocycles. The molecule has 0 saturated carbocycles. The minimum Gasteiger partial charge on any atom is -0.454 e. The van der Waals surface area contributed by atoms with Crippen molar-refractivity contribution in [2.75, 3.05) is 25.2 Å². The van der Waals surface area contributed by atoms with Gasteiger partial charge in [-0.2, -0.15) is 0 Å². The maximum absolute atomic E-state index is 12.7. The van der Waals surface area contributed by atoms with Crippen LogP contribution in [0.3, 0.4) is 0 Å². The SMILES string of the molecule is CC(=O)c1ccc(C(=O)N2CCCC(Nc3ccc4c(c3)OCO4)C2)s1. The smallest absolute Gasteiger partial charge is 0.264 e. The monoisotopic (exact) mass is 372 g/mol. The van der Waals surface area contributed by atoms with Gasteiger partial charge in [-0.1, -0.05) is 0 Å². The van der Waals surface area contributed by atoms with Gasteiger partial charge in [0.15, 0.2) is 17.3 Å². The molecule has 4 rings (SSSR count). The van der Waals surface area contributed by atoms with Crippen molar-refractivity contribution in [3.8, 4) is 11.5 Å². The average molecular weight is 372 g/mol. The Balaban J connectivity index is 1.42. The summed E-state index contributed by atoms with van der Waals surface area (Å²) >= 11 is 1.27. The number of rotatable bonds is 4. The van der Waals surface area contributed by atoms with E-state index in [0.29, 0.717) is 16.3 Å². The number of carbonyl (C=O) groups is 2. The number of nitrogens with one attached hydrogen (secondary N) is 1. The lowest BCUT2D eigenvalue weighted by atomic mass is 10.0. The van der Waals surface area contributed by atoms with E-state index in [1.807, 2.05) is 23.1 Å². The number of carbonyl (C=O) groups excluding carboxylic acids is 2. The quantitative estimate of drug-likeness (QED) is 0.833. The second-order valence-electron chi connectivity index (χ2n) is 6.52. The standard InChI is InChI=1S/C19H20N2O4S/c1-12(22)17-6-7-18(26-17)19(23)21-8-2-3-14(10-21)20-13-4-5-15-16(9-13)25-11-24-15/h4-7,9,14,20H,2-3,8,10-11H2,1H3. The molecule has 6 nitrogen and oxygen atoms in total. The number of piperidine rings is 1. The van der Waals surface area contributed by atoms with Gasteiger partial charge in [0.25, 0.3) is 5.91 Å². The van der Waals surface area contributed by atoms with Gasteiger partial charge in [-0.25, -0.2) is 0 Å². The van der Waals surface area contributed by atoms with Crippen molar-refractivity contribution < 1.29 is 19.1 Å². The molecule has 1 fully saturated rings. The predicted octanol–water partition coefficient (Wildman–Crippen LogP) is 3.40. The number of thiophene rings is 1. The van der Waals surface area contributed by atoms with E-state index in [4.69, 9.17) is 9.47 Å². The molecule has 0 spiro atoms. The van der Waals surface area contributed by atoms with Crippen molar-refractivity contribution in [3.05, 3.63) is 40.1 Å². The number of hydrogen-bond acceptors (Lipinski definition) is 6. The second kappa shape index (κ2) is 6.99. The van der Waals surface area contributed by atoms with Crippen molar-refractivity contribution >= 4 is 28.7 Å². The normalized spacial score (nSPS) is 18.7. The number of nitrogens with zero attached hydrogens (tertiary/aromatic N) is 1. The summed E-state index contributed by atoms with van der Waals surface area (Å²) in [5.41, 5.74) is 0.962. The number of Topliss-reactive ketones (excluding diaryl/α,β-unsaturated/α-hetero) is 1. The van der Waals surface area contributed by atoms with Gasteiger partial charge in [0, 0.05) is 30.9 Å². The third-order valence-electron chi connectivity index (χ3n) is 4.62. The first-order valence-corrected chi connectivity index (χ1v) is 9.48. The zero-order chi connectivity index (χ0) is 18.1. The van der Waals surface area contributed by atoms with Crippen molar-refractivity contribution in [1.82, 2.24) is 4.90 Å². The molecule has 2 aromatic rings. The fourth-order valence-corrected chi connectivity index (χ4v) is 4.17. The number of hydrogen-bond donors (Lipinski definition) is 1. The second-order valence-corrected chi connectivity index (χ2v) is 7.61. The Kier molecular flexibility index (Phi) is 4.55. The van der Waals surface area contributed by atoms with Gasteiger partial charge in [-0.05, 0) is 44.0 Å². The fourth-order valence-electron chi connectivity index (χ4n) is 3.30. The summed E-state index contributed by atoms with van der Waals surface area (Å²) in [6.45, 7) is 3.16. The Labute approximate surface area is 155 Å². The number of likely N-dealkylation sites (tertiary alicyclic amines) is 1. The first-order chi connectivity index (χ1) is 12.6. The Hall–Kier alpha value is -2.54. The number of anilines is 1. The lowest BCUT2D eigenvalue weighted by Gasteiger charge is -2.33. The van der Waals surface area contributed by atoms with Crippen LogP contribution < -0.4 is 14.8 Å². The molecule has 1 saturated heterocycles. The molecular formula is C19H20N2O4S. The summed E-state index contributed by atoms with van der Waals surface area (Å²) in [4.78, 5) is 27.3. The molecule has 7 heteroatoms. The Morgan fingerprint density at radius 2 is 1.96 bits per heavy atom. The molecule has 0 radical (unpaired) electrons. The lowest BCUT2D eigenvalue weighted by Crippen LogP contribution is -2.44. The summed E-state index contributed by atoms with van der Waals surface area (Å²) < 4.78 is 10.7. The van der Waals surface area contributed by atoms with Crippen LogP contribution in [0.2, 0.25) is 0 Å². The van der Waals surface area contributed by atoms with Crippen molar-refractivity contribution in [3.63, 3.8) is 0 Å². The lowest BCUT2D eigenvalue weighted by molar-refractivity contribution is 0.0719. The number of ketones is 1. The Bertz CT molecular complexity index is 848. The van der Waals surface area contributed by atoms with E-state index in [1.54, 1.807) is 12.1 Å². The molecule has 2 aliphatic heterocycles. The van der Waals surface area contributed by atoms with E-state index in [9.17, 15) is 9.59 Å². The van der Waals surface area contributed by atoms with Gasteiger partial charge in [0.2, 0.25) is 6.79 Å². The molecule has 1 unspecified atom stereocenters. The molecule has 3 heterocycles. The number of fused-ring (bicyclic) bond motifs is 1. The molecule has 0 bridgehead atoms. The molecule has 136 valence electrons. The molecule has 1 N–H and O–H groups in total. The third-order valence-corrected chi connectivity index (χ3v) is 5.79. The number of ether oxygens (including phenoxy) is 2. The van der Waals surface area contributed by atoms with Crippen LogP contribution in [0, 0.1) is 0 Å². The zero-order valence-electron chi connectivity index (χ0n) is 14.5. The third kappa shape index (κ3) is 3.39. The minimum atomic E-state index is -0.00459. The van der Waals surface area contributed by atoms with E-state index >= 15 is 0 Å². The summed E-state index contributed by atoms with van der Waals surface area (Å²) in [5, 5.41) is 3.49. The van der Waals surface area contributed by atoms with Crippen LogP contribution in [-0.2, 0) is 0 Å². The number of benzene rings is 1. The van der Waals surface area contributed by atoms with Gasteiger partial charge < -0.3 is 19.7 Å². The highest BCUT2D eigenvalue weighted by molar-refractivity contribution is 7.15. The molecule has 2 aliphatic rings. The first kappa shape index (κ1) is 16.9. The summed E-state index contributed by atoms with van der Waals surface area (Å²) in [6, 6.07) is 9.45. The average Bonchev–Trinajstić information content (AvgIpc) is 3.30. The topological polar surface area (TPSA) is 67.9 Å². The van der Waals surface area contributed by atoms with Crippen LogP contribution in [0.1, 0.15) is 39.1 Å². The minimum absolute atomic E-state index is 0.000290. The Morgan fingerprint density at radius 1 is 1.15 bits per heavy atom. The molecule has 0 aliphatic carbocycles. The largest absolute Gasteiger partial charge is 0.454 e. The maximum Gasteiger partial charge on any atom is 0.264 e. The Morgan fingerprint density at radius 3 is 2.77 bits per heavy atom. The van der Waals surface area contributed by atoms with Crippen LogP contribution >= 0.6 is 11.3 Å². The van der Waals surface area contributed by atoms with Crippen LogP contribution in [0.4, 0.5) is 5.69 Å². The van der Waals surface area contributed by atoms with Crippen LogP contribution in [0.15, 0.2) is 30.3 Å². The van der Waals surface area contributed by atoms with Gasteiger partial charge in [-0.15, -0.1) is 11.3 Å². The van der Waals surface area contributed by atoms with Crippen molar-refractivity contribution in [1.29, 1.82) is 0 Å². The maximum atomic E-state index is 12.7. The molecule has 1 atom stereocenters. The van der Waals surface area contributed by atoms with Gasteiger partial charge in [0.1, 0.15) is 0 Å². The highest BCUT2D eigenvalue weighted by atomic mass is 32.1. The highest BCUT2D eigenvalue weighted by Gasteiger charge is 2.26. The summed E-state index contributed by atoms with van der Waals surface area (Å²) in [6.07, 6.45) is 1.94. The zero-order valence-corrected chi connectivity index (χ0v) is 15.3. The van der Waals surface area contributed by atoms with E-state index < -0.39 is 0 Å². The highest BCUT2D eigenvalue weighted by Crippen LogP contribution is 2.34. The molecule has 1 aromatic heterocycles. The molecular weight excluding hydrogens is 352 g/mol. The fraction of sp³-hybridized carbons (Fsp3) is 0.368. The van der Waals surface area contributed by atoms with Gasteiger partial charge >= 0.3 is 0 Å². The van der Waals surface area contributed by atoms with E-state index in [1.165, 1.54) is 18.3 Å². The van der Waals surface area contributed by atoms with Crippen molar-refractivity contribution in [2.24, 2.45) is 0 Å². The molecule has 26 heavy (non-hydrogen) atoms. The van der Waals surface area contributed by atoms with Crippen LogP contribution in [0.5, 0.6) is 11.5 Å². The van der Waals surface area contributed by atoms with Crippen molar-refractivity contribution in [2.45, 2.75) is 25.8 Å². The first-order valence-electron chi connectivity index (χ1n) is 8.66. The van der Waals surface area contributed by atoms with E-state index in [-0.39, 0.29) is 24.5 Å². The van der Waals surface area contributed by atoms with Crippen LogP contribution in [-0.4, -0.2) is 42.5 Å². The summed E-state index contributed by atoms with van der Waals surface area (Å²) in [5.74, 6) is 1.50. The number of amides is 1. The van der Waals surface area contributed by atoms with Crippen LogP contribution in [0.25, 0.3) is 0 Å². The summed E-state index contributed by atoms with van der Waals surface area (Å²) in [7, 11) is 0. The molecule has 1 amide bonds.